The molecule has 3 nitrogen and oxygen atoms in total. The van der Waals surface area contributed by atoms with Crippen molar-refractivity contribution in [2.24, 2.45) is 5.84 Å². The quantitative estimate of drug-likeness (QED) is 0.665. The second kappa shape index (κ2) is 6.14. The van der Waals surface area contributed by atoms with Crippen LogP contribution in [0, 0.1) is 0 Å². The van der Waals surface area contributed by atoms with E-state index in [1.807, 2.05) is 7.11 Å². The molecule has 1 saturated carbocycles. The topological polar surface area (TPSA) is 47.3 Å². The van der Waals surface area contributed by atoms with Gasteiger partial charge in [0.2, 0.25) is 0 Å². The maximum absolute atomic E-state index is 5.96. The number of nitrogens with one attached hydrogen (secondary N) is 1. The fraction of sp³-hybridized carbons (Fsp3) is 0.444. The number of ether oxygens (including phenoxy) is 1. The normalized spacial score (nSPS) is 19.5. The van der Waals surface area contributed by atoms with E-state index in [1.165, 1.54) is 35.6 Å². The van der Waals surface area contributed by atoms with Gasteiger partial charge >= 0.3 is 0 Å². The standard InChI is InChI=1S/C18H24N2O/c1-21-18(11-5-2-6-12-18)17(20-19)16-10-9-14-7-3-4-8-15(14)13-16/h3-4,7-10,13,17,20H,2,5-6,11-12,19H2,1H3. The van der Waals surface area contributed by atoms with Crippen LogP contribution in [0.3, 0.4) is 0 Å². The molecule has 0 heterocycles. The zero-order chi connectivity index (χ0) is 14.7. The summed E-state index contributed by atoms with van der Waals surface area (Å²) in [7, 11) is 1.82. The van der Waals surface area contributed by atoms with E-state index in [9.17, 15) is 0 Å². The Hall–Kier alpha value is -1.42. The van der Waals surface area contributed by atoms with E-state index in [0.29, 0.717) is 0 Å². The summed E-state index contributed by atoms with van der Waals surface area (Å²) in [5.74, 6) is 5.91. The summed E-state index contributed by atoms with van der Waals surface area (Å²) in [6.07, 6.45) is 5.83. The summed E-state index contributed by atoms with van der Waals surface area (Å²) >= 11 is 0. The van der Waals surface area contributed by atoms with E-state index in [0.717, 1.165) is 12.8 Å². The Bertz CT molecular complexity index is 605. The van der Waals surface area contributed by atoms with E-state index < -0.39 is 0 Å². The molecule has 3 heteroatoms. The van der Waals surface area contributed by atoms with Gasteiger partial charge < -0.3 is 4.74 Å². The van der Waals surface area contributed by atoms with Crippen molar-refractivity contribution in [3.05, 3.63) is 48.0 Å². The van der Waals surface area contributed by atoms with Crippen LogP contribution in [-0.4, -0.2) is 12.7 Å². The van der Waals surface area contributed by atoms with Crippen molar-refractivity contribution < 1.29 is 4.74 Å². The fourth-order valence-corrected chi connectivity index (χ4v) is 3.70. The monoisotopic (exact) mass is 284 g/mol. The van der Waals surface area contributed by atoms with Crippen molar-refractivity contribution in [3.63, 3.8) is 0 Å². The summed E-state index contributed by atoms with van der Waals surface area (Å²) in [6.45, 7) is 0. The molecule has 0 aromatic heterocycles. The average molecular weight is 284 g/mol. The van der Waals surface area contributed by atoms with Gasteiger partial charge in [0.1, 0.15) is 0 Å². The van der Waals surface area contributed by atoms with Crippen molar-refractivity contribution in [2.75, 3.05) is 7.11 Å². The first-order valence-corrected chi connectivity index (χ1v) is 7.79. The number of methoxy groups -OCH3 is 1. The summed E-state index contributed by atoms with van der Waals surface area (Å²) < 4.78 is 5.96. The number of rotatable bonds is 4. The van der Waals surface area contributed by atoms with Gasteiger partial charge in [-0.2, -0.15) is 0 Å². The number of fused-ring (bicyclic) bond motifs is 1. The molecule has 2 aromatic carbocycles. The number of hydrogen-bond acceptors (Lipinski definition) is 3. The largest absolute Gasteiger partial charge is 0.376 e. The Morgan fingerprint density at radius 1 is 1.05 bits per heavy atom. The molecule has 3 N–H and O–H groups in total. The van der Waals surface area contributed by atoms with Crippen LogP contribution in [0.25, 0.3) is 10.8 Å². The minimum atomic E-state index is -0.185. The summed E-state index contributed by atoms with van der Waals surface area (Å²) in [6, 6.07) is 15.0. The highest BCUT2D eigenvalue weighted by atomic mass is 16.5. The molecule has 0 saturated heterocycles. The molecule has 3 rings (SSSR count). The van der Waals surface area contributed by atoms with Crippen LogP contribution in [0.5, 0.6) is 0 Å². The molecule has 0 radical (unpaired) electrons. The molecule has 1 aliphatic rings. The van der Waals surface area contributed by atoms with Crippen LogP contribution >= 0.6 is 0 Å². The van der Waals surface area contributed by atoms with Crippen LogP contribution in [0.2, 0.25) is 0 Å². The first-order valence-electron chi connectivity index (χ1n) is 7.79. The van der Waals surface area contributed by atoms with E-state index in [1.54, 1.807) is 0 Å². The molecular weight excluding hydrogens is 260 g/mol. The van der Waals surface area contributed by atoms with Gasteiger partial charge in [0.05, 0.1) is 11.6 Å². The van der Waals surface area contributed by atoms with Crippen LogP contribution in [-0.2, 0) is 4.74 Å². The molecule has 0 spiro atoms. The van der Waals surface area contributed by atoms with Gasteiger partial charge in [0.15, 0.2) is 0 Å². The third-order valence-electron chi connectivity index (χ3n) is 4.91. The minimum absolute atomic E-state index is 0.0346. The second-order valence-corrected chi connectivity index (χ2v) is 6.04. The molecule has 0 bridgehead atoms. The van der Waals surface area contributed by atoms with E-state index in [4.69, 9.17) is 10.6 Å². The molecule has 112 valence electrons. The Morgan fingerprint density at radius 2 is 1.76 bits per heavy atom. The van der Waals surface area contributed by atoms with Crippen LogP contribution in [0.15, 0.2) is 42.5 Å². The Labute approximate surface area is 126 Å². The number of hydrazine groups is 1. The summed E-state index contributed by atoms with van der Waals surface area (Å²) in [5, 5.41) is 2.50. The predicted octanol–water partition coefficient (Wildman–Crippen LogP) is 3.69. The molecular formula is C18H24N2O. The van der Waals surface area contributed by atoms with Gasteiger partial charge in [-0.3, -0.25) is 11.3 Å². The molecule has 1 aliphatic carbocycles. The maximum atomic E-state index is 5.96. The lowest BCUT2D eigenvalue weighted by molar-refractivity contribution is -0.0688. The van der Waals surface area contributed by atoms with Gasteiger partial charge in [-0.05, 0) is 35.2 Å². The van der Waals surface area contributed by atoms with Crippen molar-refractivity contribution in [2.45, 2.75) is 43.7 Å². The third kappa shape index (κ3) is 2.69. The van der Waals surface area contributed by atoms with Gasteiger partial charge in [0.25, 0.3) is 0 Å². The lowest BCUT2D eigenvalue weighted by Crippen LogP contribution is -2.49. The highest BCUT2D eigenvalue weighted by molar-refractivity contribution is 5.83. The first-order chi connectivity index (χ1) is 10.3. The lowest BCUT2D eigenvalue weighted by atomic mass is 9.76. The average Bonchev–Trinajstić information content (AvgIpc) is 2.56. The van der Waals surface area contributed by atoms with E-state index >= 15 is 0 Å². The Morgan fingerprint density at radius 3 is 2.43 bits per heavy atom. The summed E-state index contributed by atoms with van der Waals surface area (Å²) in [4.78, 5) is 0. The Balaban J connectivity index is 2.00. The fourth-order valence-electron chi connectivity index (χ4n) is 3.70. The van der Waals surface area contributed by atoms with Crippen molar-refractivity contribution in [1.82, 2.24) is 5.43 Å². The molecule has 21 heavy (non-hydrogen) atoms. The van der Waals surface area contributed by atoms with Gasteiger partial charge in [-0.25, -0.2) is 0 Å². The highest BCUT2D eigenvalue weighted by Crippen LogP contribution is 2.41. The first kappa shape index (κ1) is 14.5. The van der Waals surface area contributed by atoms with Gasteiger partial charge in [-0.15, -0.1) is 0 Å². The SMILES string of the molecule is COC1(C(NN)c2ccc3ccccc3c2)CCCCC1. The van der Waals surface area contributed by atoms with E-state index in [2.05, 4.69) is 47.9 Å². The van der Waals surface area contributed by atoms with Crippen LogP contribution in [0.4, 0.5) is 0 Å². The smallest absolute Gasteiger partial charge is 0.0885 e. The molecule has 2 aromatic rings. The van der Waals surface area contributed by atoms with Gasteiger partial charge in [0, 0.05) is 7.11 Å². The summed E-state index contributed by atoms with van der Waals surface area (Å²) in [5.41, 5.74) is 4.04. The van der Waals surface area contributed by atoms with E-state index in [-0.39, 0.29) is 11.6 Å². The Kier molecular flexibility index (Phi) is 4.24. The maximum Gasteiger partial charge on any atom is 0.0885 e. The number of benzene rings is 2. The number of nitrogens with two attached hydrogens (primary N) is 1. The van der Waals surface area contributed by atoms with Crippen molar-refractivity contribution in [3.8, 4) is 0 Å². The van der Waals surface area contributed by atoms with Crippen LogP contribution < -0.4 is 11.3 Å². The van der Waals surface area contributed by atoms with Gasteiger partial charge in [-0.1, -0.05) is 55.7 Å². The second-order valence-electron chi connectivity index (χ2n) is 6.04. The zero-order valence-corrected chi connectivity index (χ0v) is 12.6. The molecule has 1 atom stereocenters. The lowest BCUT2D eigenvalue weighted by Gasteiger charge is -2.42. The number of hydrogen-bond donors (Lipinski definition) is 2. The zero-order valence-electron chi connectivity index (χ0n) is 12.6. The molecule has 0 aliphatic heterocycles. The third-order valence-corrected chi connectivity index (χ3v) is 4.91. The minimum Gasteiger partial charge on any atom is -0.376 e. The molecule has 1 fully saturated rings. The predicted molar refractivity (Wildman–Crippen MR) is 86.8 cm³/mol. The molecule has 0 amide bonds. The van der Waals surface area contributed by atoms with Crippen molar-refractivity contribution in [1.29, 1.82) is 0 Å². The molecule has 1 unspecified atom stereocenters. The van der Waals surface area contributed by atoms with Crippen molar-refractivity contribution >= 4 is 10.8 Å². The highest BCUT2D eigenvalue weighted by Gasteiger charge is 2.40. The van der Waals surface area contributed by atoms with Crippen LogP contribution in [0.1, 0.15) is 43.7 Å².